The first-order valence-electron chi connectivity index (χ1n) is 4.43. The summed E-state index contributed by atoms with van der Waals surface area (Å²) in [6.07, 6.45) is 0. The van der Waals surface area contributed by atoms with E-state index < -0.39 is 0 Å². The van der Waals surface area contributed by atoms with E-state index in [4.69, 9.17) is 15.4 Å². The van der Waals surface area contributed by atoms with Gasteiger partial charge in [0, 0.05) is 0 Å². The highest BCUT2D eigenvalue weighted by Crippen LogP contribution is 2.28. The number of benzene rings is 1. The number of nitrogens with two attached hydrogens (primary N) is 1. The minimum Gasteiger partial charge on any atom is -0.493 e. The van der Waals surface area contributed by atoms with Gasteiger partial charge in [-0.1, -0.05) is 6.07 Å². The van der Waals surface area contributed by atoms with Crippen LogP contribution in [0.3, 0.4) is 0 Å². The zero-order chi connectivity index (χ0) is 10.4. The molecule has 4 heteroatoms. The highest BCUT2D eigenvalue weighted by atomic mass is 16.6. The van der Waals surface area contributed by atoms with Gasteiger partial charge in [0.1, 0.15) is 0 Å². The van der Waals surface area contributed by atoms with Gasteiger partial charge in [0.25, 0.3) is 0 Å². The first kappa shape index (κ1) is 10.8. The lowest BCUT2D eigenvalue weighted by Crippen LogP contribution is -2.00. The Labute approximate surface area is 83.5 Å². The quantitative estimate of drug-likeness (QED) is 0.726. The summed E-state index contributed by atoms with van der Waals surface area (Å²) in [4.78, 5) is 4.53. The third-order valence-electron chi connectivity index (χ3n) is 1.78. The molecule has 1 aromatic rings. The van der Waals surface area contributed by atoms with Crippen LogP contribution in [0.2, 0.25) is 0 Å². The van der Waals surface area contributed by atoms with Crippen LogP contribution in [-0.2, 0) is 11.4 Å². The predicted octanol–water partition coefficient (Wildman–Crippen LogP) is 1.48. The van der Waals surface area contributed by atoms with Gasteiger partial charge in [0.15, 0.2) is 11.5 Å². The highest BCUT2D eigenvalue weighted by molar-refractivity contribution is 5.42. The van der Waals surface area contributed by atoms with Crippen LogP contribution in [0.5, 0.6) is 11.5 Å². The Morgan fingerprint density at radius 3 is 2.64 bits per heavy atom. The number of methoxy groups -OCH3 is 1. The van der Waals surface area contributed by atoms with Crippen LogP contribution in [0.25, 0.3) is 0 Å². The summed E-state index contributed by atoms with van der Waals surface area (Å²) in [6, 6.07) is 5.58. The van der Waals surface area contributed by atoms with Crippen LogP contribution in [0.4, 0.5) is 0 Å². The van der Waals surface area contributed by atoms with Crippen molar-refractivity contribution in [2.75, 3.05) is 13.7 Å². The molecule has 14 heavy (non-hydrogen) atoms. The number of hydrogen-bond acceptors (Lipinski definition) is 4. The lowest BCUT2D eigenvalue weighted by Gasteiger charge is -2.10. The zero-order valence-electron chi connectivity index (χ0n) is 8.45. The van der Waals surface area contributed by atoms with E-state index in [1.54, 1.807) is 7.11 Å². The van der Waals surface area contributed by atoms with Gasteiger partial charge in [0.2, 0.25) is 0 Å². The predicted molar refractivity (Wildman–Crippen MR) is 53.1 cm³/mol. The maximum absolute atomic E-state index is 5.36. The normalized spacial score (nSPS) is 9.93. The molecule has 2 N–H and O–H groups in total. The van der Waals surface area contributed by atoms with Crippen molar-refractivity contribution in [1.29, 1.82) is 0 Å². The molecule has 0 aliphatic carbocycles. The fourth-order valence-corrected chi connectivity index (χ4v) is 1.17. The molecular weight excluding hydrogens is 182 g/mol. The van der Waals surface area contributed by atoms with Crippen LogP contribution in [0.1, 0.15) is 12.5 Å². The molecule has 0 aliphatic rings. The third kappa shape index (κ3) is 2.61. The fraction of sp³-hybridized carbons (Fsp3) is 0.400. The van der Waals surface area contributed by atoms with Crippen molar-refractivity contribution >= 4 is 0 Å². The molecule has 0 bridgehead atoms. The Balaban J connectivity index is 2.87. The van der Waals surface area contributed by atoms with Crippen molar-refractivity contribution in [3.8, 4) is 11.5 Å². The minimum absolute atomic E-state index is 0.364. The molecule has 0 amide bonds. The minimum atomic E-state index is 0.364. The molecular formula is C10H15NO3. The van der Waals surface area contributed by atoms with Crippen LogP contribution in [0, 0.1) is 0 Å². The zero-order valence-corrected chi connectivity index (χ0v) is 8.45. The van der Waals surface area contributed by atoms with E-state index in [9.17, 15) is 0 Å². The molecule has 0 saturated heterocycles. The maximum atomic E-state index is 5.36. The summed E-state index contributed by atoms with van der Waals surface area (Å²) in [6.45, 7) is 2.90. The molecule has 0 spiro atoms. The Morgan fingerprint density at radius 1 is 1.29 bits per heavy atom. The number of rotatable bonds is 5. The van der Waals surface area contributed by atoms with Gasteiger partial charge in [0.05, 0.1) is 20.3 Å². The van der Waals surface area contributed by atoms with Gasteiger partial charge in [-0.2, -0.15) is 0 Å². The summed E-state index contributed by atoms with van der Waals surface area (Å²) >= 11 is 0. The summed E-state index contributed by atoms with van der Waals surface area (Å²) in [5.41, 5.74) is 0.952. The van der Waals surface area contributed by atoms with Gasteiger partial charge in [-0.05, 0) is 24.6 Å². The fourth-order valence-electron chi connectivity index (χ4n) is 1.17. The highest BCUT2D eigenvalue weighted by Gasteiger charge is 2.04. The number of hydrogen-bond donors (Lipinski definition) is 1. The monoisotopic (exact) mass is 197 g/mol. The van der Waals surface area contributed by atoms with Crippen molar-refractivity contribution in [3.63, 3.8) is 0 Å². The van der Waals surface area contributed by atoms with Gasteiger partial charge in [-0.15, -0.1) is 0 Å². The molecule has 0 unspecified atom stereocenters. The average molecular weight is 197 g/mol. The molecule has 0 saturated carbocycles. The summed E-state index contributed by atoms with van der Waals surface area (Å²) in [7, 11) is 1.60. The Kier molecular flexibility index (Phi) is 4.22. The van der Waals surface area contributed by atoms with Gasteiger partial charge < -0.3 is 9.47 Å². The van der Waals surface area contributed by atoms with E-state index in [0.29, 0.717) is 19.0 Å². The van der Waals surface area contributed by atoms with Crippen molar-refractivity contribution in [2.45, 2.75) is 13.5 Å². The molecule has 0 heterocycles. The van der Waals surface area contributed by atoms with Crippen LogP contribution >= 0.6 is 0 Å². The maximum Gasteiger partial charge on any atom is 0.161 e. The third-order valence-corrected chi connectivity index (χ3v) is 1.78. The lowest BCUT2D eigenvalue weighted by molar-refractivity contribution is 0.124. The van der Waals surface area contributed by atoms with Crippen molar-refractivity contribution in [1.82, 2.24) is 0 Å². The standard InChI is InChI=1S/C10H15NO3/c1-3-13-9-5-4-8(7-14-11)6-10(9)12-2/h4-6H,3,7,11H2,1-2H3. The molecule has 0 aromatic heterocycles. The molecule has 1 rings (SSSR count). The van der Waals surface area contributed by atoms with E-state index in [1.165, 1.54) is 0 Å². The average Bonchev–Trinajstić information content (AvgIpc) is 2.21. The largest absolute Gasteiger partial charge is 0.493 e. The Morgan fingerprint density at radius 2 is 2.07 bits per heavy atom. The van der Waals surface area contributed by atoms with Crippen LogP contribution in [-0.4, -0.2) is 13.7 Å². The van der Waals surface area contributed by atoms with E-state index in [2.05, 4.69) is 4.84 Å². The van der Waals surface area contributed by atoms with Gasteiger partial charge >= 0.3 is 0 Å². The summed E-state index contributed by atoms with van der Waals surface area (Å²) in [5.74, 6) is 6.40. The van der Waals surface area contributed by atoms with Gasteiger partial charge in [-0.3, -0.25) is 4.84 Å². The Hall–Kier alpha value is -1.26. The molecule has 0 radical (unpaired) electrons. The molecule has 0 fully saturated rings. The summed E-state index contributed by atoms with van der Waals surface area (Å²) < 4.78 is 10.5. The van der Waals surface area contributed by atoms with Crippen LogP contribution in [0.15, 0.2) is 18.2 Å². The second kappa shape index (κ2) is 5.47. The first-order chi connectivity index (χ1) is 6.81. The van der Waals surface area contributed by atoms with E-state index in [0.717, 1.165) is 11.3 Å². The SMILES string of the molecule is CCOc1ccc(CON)cc1OC. The molecule has 1 aromatic carbocycles. The molecule has 0 aliphatic heterocycles. The van der Waals surface area contributed by atoms with Crippen molar-refractivity contribution in [2.24, 2.45) is 5.90 Å². The molecule has 78 valence electrons. The molecule has 0 atom stereocenters. The van der Waals surface area contributed by atoms with Crippen LogP contribution < -0.4 is 15.4 Å². The van der Waals surface area contributed by atoms with Crippen molar-refractivity contribution in [3.05, 3.63) is 23.8 Å². The topological polar surface area (TPSA) is 53.7 Å². The van der Waals surface area contributed by atoms with Gasteiger partial charge in [-0.25, -0.2) is 5.90 Å². The molecule has 4 nitrogen and oxygen atoms in total. The number of ether oxygens (including phenoxy) is 2. The second-order valence-corrected chi connectivity index (χ2v) is 2.73. The second-order valence-electron chi connectivity index (χ2n) is 2.73. The first-order valence-corrected chi connectivity index (χ1v) is 4.43. The smallest absolute Gasteiger partial charge is 0.161 e. The van der Waals surface area contributed by atoms with Crippen molar-refractivity contribution < 1.29 is 14.3 Å². The van der Waals surface area contributed by atoms with E-state index >= 15 is 0 Å². The van der Waals surface area contributed by atoms with E-state index in [-0.39, 0.29) is 0 Å². The van der Waals surface area contributed by atoms with E-state index in [1.807, 2.05) is 25.1 Å². The summed E-state index contributed by atoms with van der Waals surface area (Å²) in [5, 5.41) is 0. The lowest BCUT2D eigenvalue weighted by atomic mass is 10.2. The Bertz CT molecular complexity index is 289.